The molecule has 0 amide bonds. The number of hydrogen-bond donors (Lipinski definition) is 0. The number of benzene rings is 1. The second kappa shape index (κ2) is 7.02. The summed E-state index contributed by atoms with van der Waals surface area (Å²) < 4.78 is 31.0. The molecule has 0 atom stereocenters. The predicted octanol–water partition coefficient (Wildman–Crippen LogP) is 2.99. The second-order valence-electron chi connectivity index (χ2n) is 3.37. The molecule has 1 aromatic carbocycles. The Hall–Kier alpha value is -1.54. The van der Waals surface area contributed by atoms with Crippen molar-refractivity contribution in [2.75, 3.05) is 12.9 Å². The Bertz CT molecular complexity index is 504. The number of carbonyl (C=O) groups excluding carboxylic acids is 1. The van der Waals surface area contributed by atoms with E-state index in [9.17, 15) is 13.6 Å². The molecule has 96 valence electrons. The summed E-state index contributed by atoms with van der Waals surface area (Å²) in [5.41, 5.74) is 0.346. The van der Waals surface area contributed by atoms with Crippen LogP contribution in [0.3, 0.4) is 0 Å². The SMILES string of the molecule is COc1cc(C#CCCSC(C)=O)cc(F)c1F. The lowest BCUT2D eigenvalue weighted by molar-refractivity contribution is -0.109. The van der Waals surface area contributed by atoms with Gasteiger partial charge in [0.25, 0.3) is 0 Å². The third-order valence-electron chi connectivity index (χ3n) is 1.98. The molecule has 0 heterocycles. The van der Waals surface area contributed by atoms with Crippen LogP contribution >= 0.6 is 11.8 Å². The van der Waals surface area contributed by atoms with Crippen LogP contribution in [-0.2, 0) is 4.79 Å². The number of halogens is 2. The Balaban J connectivity index is 2.70. The van der Waals surface area contributed by atoms with E-state index in [0.29, 0.717) is 17.7 Å². The molecule has 5 heteroatoms. The van der Waals surface area contributed by atoms with E-state index >= 15 is 0 Å². The van der Waals surface area contributed by atoms with Crippen molar-refractivity contribution < 1.29 is 18.3 Å². The van der Waals surface area contributed by atoms with Gasteiger partial charge in [0.15, 0.2) is 16.7 Å². The standard InChI is InChI=1S/C13H12F2O2S/c1-9(16)18-6-4-3-5-10-7-11(14)13(15)12(8-10)17-2/h7-8H,4,6H2,1-2H3. The molecule has 18 heavy (non-hydrogen) atoms. The summed E-state index contributed by atoms with van der Waals surface area (Å²) in [6, 6.07) is 2.35. The Morgan fingerprint density at radius 1 is 1.44 bits per heavy atom. The van der Waals surface area contributed by atoms with Gasteiger partial charge in [0.05, 0.1) is 7.11 Å². The van der Waals surface area contributed by atoms with Gasteiger partial charge in [-0.3, -0.25) is 4.79 Å². The van der Waals surface area contributed by atoms with Crippen molar-refractivity contribution in [1.82, 2.24) is 0 Å². The fourth-order valence-electron chi connectivity index (χ4n) is 1.19. The van der Waals surface area contributed by atoms with Crippen molar-refractivity contribution in [3.63, 3.8) is 0 Å². The monoisotopic (exact) mass is 270 g/mol. The molecule has 0 bridgehead atoms. The third-order valence-corrected chi connectivity index (χ3v) is 2.79. The van der Waals surface area contributed by atoms with Crippen LogP contribution in [0.5, 0.6) is 5.75 Å². The molecule has 0 aliphatic rings. The third kappa shape index (κ3) is 4.38. The first kappa shape index (κ1) is 14.5. The Morgan fingerprint density at radius 2 is 2.17 bits per heavy atom. The Kier molecular flexibility index (Phi) is 5.66. The lowest BCUT2D eigenvalue weighted by atomic mass is 10.2. The van der Waals surface area contributed by atoms with E-state index in [0.717, 1.165) is 6.07 Å². The lowest BCUT2D eigenvalue weighted by Crippen LogP contribution is -1.93. The van der Waals surface area contributed by atoms with E-state index in [1.807, 2.05) is 0 Å². The summed E-state index contributed by atoms with van der Waals surface area (Å²) in [6.45, 7) is 1.48. The highest BCUT2D eigenvalue weighted by molar-refractivity contribution is 8.13. The molecule has 0 aromatic heterocycles. The van der Waals surface area contributed by atoms with Crippen molar-refractivity contribution in [2.45, 2.75) is 13.3 Å². The molecule has 1 rings (SSSR count). The number of hydrogen-bond acceptors (Lipinski definition) is 3. The van der Waals surface area contributed by atoms with E-state index in [1.165, 1.54) is 31.9 Å². The fourth-order valence-corrected chi connectivity index (χ4v) is 1.69. The van der Waals surface area contributed by atoms with Crippen LogP contribution in [0.15, 0.2) is 12.1 Å². The van der Waals surface area contributed by atoms with Crippen LogP contribution in [0.25, 0.3) is 0 Å². The molecule has 0 aliphatic heterocycles. The van der Waals surface area contributed by atoms with Gasteiger partial charge in [-0.15, -0.1) is 0 Å². The molecule has 0 unspecified atom stereocenters. The average molecular weight is 270 g/mol. The van der Waals surface area contributed by atoms with Gasteiger partial charge in [-0.05, 0) is 12.1 Å². The average Bonchev–Trinajstić information content (AvgIpc) is 2.32. The van der Waals surface area contributed by atoms with Gasteiger partial charge in [0, 0.05) is 24.7 Å². The topological polar surface area (TPSA) is 26.3 Å². The molecule has 0 spiro atoms. The maximum absolute atomic E-state index is 13.1. The first-order chi connectivity index (χ1) is 8.54. The number of ether oxygens (including phenoxy) is 1. The fraction of sp³-hybridized carbons (Fsp3) is 0.308. The maximum Gasteiger partial charge on any atom is 0.200 e. The summed E-state index contributed by atoms with van der Waals surface area (Å²) in [4.78, 5) is 10.6. The summed E-state index contributed by atoms with van der Waals surface area (Å²) in [6.07, 6.45) is 0.506. The molecule has 0 fully saturated rings. The first-order valence-electron chi connectivity index (χ1n) is 5.20. The van der Waals surface area contributed by atoms with Crippen LogP contribution in [0.1, 0.15) is 18.9 Å². The number of methoxy groups -OCH3 is 1. The van der Waals surface area contributed by atoms with Crippen molar-refractivity contribution >= 4 is 16.9 Å². The highest BCUT2D eigenvalue weighted by atomic mass is 32.2. The largest absolute Gasteiger partial charge is 0.494 e. The molecule has 0 saturated heterocycles. The summed E-state index contributed by atoms with van der Waals surface area (Å²) >= 11 is 1.18. The van der Waals surface area contributed by atoms with Crippen LogP contribution in [-0.4, -0.2) is 18.0 Å². The second-order valence-corrected chi connectivity index (χ2v) is 4.64. The minimum absolute atomic E-state index is 0.0336. The van der Waals surface area contributed by atoms with Crippen molar-refractivity contribution in [3.8, 4) is 17.6 Å². The van der Waals surface area contributed by atoms with Gasteiger partial charge in [-0.2, -0.15) is 4.39 Å². The van der Waals surface area contributed by atoms with Crippen molar-refractivity contribution in [1.29, 1.82) is 0 Å². The molecular weight excluding hydrogens is 258 g/mol. The molecular formula is C13H12F2O2S. The lowest BCUT2D eigenvalue weighted by Gasteiger charge is -2.02. The zero-order valence-electron chi connectivity index (χ0n) is 10.0. The van der Waals surface area contributed by atoms with Crippen LogP contribution in [0.2, 0.25) is 0 Å². The molecule has 0 saturated carbocycles. The highest BCUT2D eigenvalue weighted by Crippen LogP contribution is 2.21. The smallest absolute Gasteiger partial charge is 0.200 e. The predicted molar refractivity (Wildman–Crippen MR) is 67.5 cm³/mol. The van der Waals surface area contributed by atoms with Crippen LogP contribution < -0.4 is 4.74 Å². The van der Waals surface area contributed by atoms with Crippen LogP contribution in [0, 0.1) is 23.5 Å². The van der Waals surface area contributed by atoms with Gasteiger partial charge < -0.3 is 4.74 Å². The zero-order chi connectivity index (χ0) is 13.5. The van der Waals surface area contributed by atoms with Gasteiger partial charge in [0.1, 0.15) is 0 Å². The highest BCUT2D eigenvalue weighted by Gasteiger charge is 2.09. The van der Waals surface area contributed by atoms with Crippen molar-refractivity contribution in [3.05, 3.63) is 29.3 Å². The van der Waals surface area contributed by atoms with Crippen LogP contribution in [0.4, 0.5) is 8.78 Å². The van der Waals surface area contributed by atoms with Gasteiger partial charge in [-0.1, -0.05) is 23.6 Å². The molecule has 0 aliphatic carbocycles. The van der Waals surface area contributed by atoms with E-state index < -0.39 is 11.6 Å². The summed E-state index contributed by atoms with van der Waals surface area (Å²) in [5.74, 6) is 3.90. The van der Waals surface area contributed by atoms with Crippen molar-refractivity contribution in [2.24, 2.45) is 0 Å². The van der Waals surface area contributed by atoms with Gasteiger partial charge >= 0.3 is 0 Å². The van der Waals surface area contributed by atoms with E-state index in [4.69, 9.17) is 4.74 Å². The molecule has 1 aromatic rings. The minimum Gasteiger partial charge on any atom is -0.494 e. The number of carbonyl (C=O) groups is 1. The normalized spacial score (nSPS) is 9.56. The Morgan fingerprint density at radius 3 is 2.78 bits per heavy atom. The first-order valence-corrected chi connectivity index (χ1v) is 6.18. The minimum atomic E-state index is -1.02. The van der Waals surface area contributed by atoms with Gasteiger partial charge in [0.2, 0.25) is 5.82 Å². The zero-order valence-corrected chi connectivity index (χ0v) is 10.9. The summed E-state index contributed by atoms with van der Waals surface area (Å²) in [7, 11) is 1.26. The quantitative estimate of drug-likeness (QED) is 0.624. The molecule has 2 nitrogen and oxygen atoms in total. The summed E-state index contributed by atoms with van der Waals surface area (Å²) in [5, 5.41) is 0.0336. The maximum atomic E-state index is 13.1. The molecule has 0 radical (unpaired) electrons. The van der Waals surface area contributed by atoms with Gasteiger partial charge in [-0.25, -0.2) is 4.39 Å². The number of rotatable bonds is 3. The Labute approximate surface area is 109 Å². The number of thioether (sulfide) groups is 1. The molecule has 0 N–H and O–H groups in total. The van der Waals surface area contributed by atoms with E-state index in [1.54, 1.807) is 0 Å². The van der Waals surface area contributed by atoms with E-state index in [2.05, 4.69) is 11.8 Å². The van der Waals surface area contributed by atoms with E-state index in [-0.39, 0.29) is 10.9 Å².